The average molecular weight is 1140 g/mol. The molecular weight excluding hydrogens is 1010 g/mol. The number of phosphoric ester groups is 1. The number of quaternary nitrogens is 1. The largest absolute Gasteiger partial charge is 0.756 e. The number of nitrogens with zero attached hydrogens (tertiary/aromatic N) is 1. The van der Waals surface area contributed by atoms with Gasteiger partial charge in [-0.25, -0.2) is 0 Å². The minimum absolute atomic E-state index is 0.0353. The van der Waals surface area contributed by atoms with Gasteiger partial charge in [-0.05, 0) is 89.9 Å². The van der Waals surface area contributed by atoms with E-state index in [1.54, 1.807) is 0 Å². The van der Waals surface area contributed by atoms with E-state index in [-0.39, 0.29) is 26.1 Å². The standard InChI is InChI=1S/C70H124NO8P/c1-6-8-10-12-14-16-18-20-22-23-24-25-26-27-28-29-30-31-32-33-34-35-36-37-38-39-40-41-42-43-44-45-46-47-49-51-53-55-57-59-61-63-70(73)79-68(67-78-80(74,75)77-65-64-71(3,4)5)66-76-69(72)62-60-58-56-54-52-50-48-21-19-17-15-13-11-9-7-2/h8-11,14-17,20-22,24-25,27-28,48,68H,6-7,12-13,18-19,23,26,29-47,49-67H2,1-5H3/b10-8-,11-9-,16-14-,17-15-,22-20-,25-24-,28-27-,48-21-. The van der Waals surface area contributed by atoms with Gasteiger partial charge >= 0.3 is 11.9 Å². The molecule has 0 radical (unpaired) electrons. The summed E-state index contributed by atoms with van der Waals surface area (Å²) in [6, 6.07) is 0. The van der Waals surface area contributed by atoms with Crippen LogP contribution in [0.4, 0.5) is 0 Å². The van der Waals surface area contributed by atoms with E-state index >= 15 is 0 Å². The Kier molecular flexibility index (Phi) is 58.2. The summed E-state index contributed by atoms with van der Waals surface area (Å²) in [5, 5.41) is 0. The van der Waals surface area contributed by atoms with Crippen molar-refractivity contribution in [3.8, 4) is 0 Å². The highest BCUT2D eigenvalue weighted by Gasteiger charge is 2.22. The minimum Gasteiger partial charge on any atom is -0.756 e. The summed E-state index contributed by atoms with van der Waals surface area (Å²) in [5.41, 5.74) is 0. The zero-order valence-electron chi connectivity index (χ0n) is 52.5. The SMILES string of the molecule is CC/C=C\C/C=C\C/C=C\C/C=C\C/C=C\CCCCCCCCCCCCCCCCCCCCCCCCCCCC(=O)OC(COC(=O)CCCCCCC/C=C\C/C=C\C/C=C\CC)COP(=O)([O-])OCC[N+](C)(C)C. The van der Waals surface area contributed by atoms with E-state index in [1.165, 1.54) is 141 Å². The van der Waals surface area contributed by atoms with E-state index in [9.17, 15) is 19.0 Å². The van der Waals surface area contributed by atoms with Crippen LogP contribution in [0.2, 0.25) is 0 Å². The Hall–Kier alpha value is -3.07. The van der Waals surface area contributed by atoms with Crippen LogP contribution < -0.4 is 4.89 Å². The zero-order chi connectivity index (χ0) is 58.4. The first-order chi connectivity index (χ1) is 39.0. The van der Waals surface area contributed by atoms with Crippen molar-refractivity contribution in [2.24, 2.45) is 0 Å². The predicted molar refractivity (Wildman–Crippen MR) is 342 cm³/mol. The van der Waals surface area contributed by atoms with Gasteiger partial charge in [0.15, 0.2) is 6.10 Å². The highest BCUT2D eigenvalue weighted by atomic mass is 31.2. The summed E-state index contributed by atoms with van der Waals surface area (Å²) in [4.78, 5) is 37.9. The van der Waals surface area contributed by atoms with Crippen molar-refractivity contribution < 1.29 is 42.1 Å². The van der Waals surface area contributed by atoms with Crippen molar-refractivity contribution in [3.05, 3.63) is 97.2 Å². The molecule has 0 aromatic heterocycles. The lowest BCUT2D eigenvalue weighted by molar-refractivity contribution is -0.870. The molecule has 0 aliphatic carbocycles. The lowest BCUT2D eigenvalue weighted by Crippen LogP contribution is -2.37. The molecule has 0 aliphatic rings. The average Bonchev–Trinajstić information content (AvgIpc) is 3.42. The molecule has 0 heterocycles. The number of likely N-dealkylation sites (N-methyl/N-ethyl adjacent to an activating group) is 1. The van der Waals surface area contributed by atoms with Crippen molar-refractivity contribution in [1.82, 2.24) is 0 Å². The second-order valence-corrected chi connectivity index (χ2v) is 24.5. The van der Waals surface area contributed by atoms with E-state index in [0.717, 1.165) is 103 Å². The van der Waals surface area contributed by atoms with Gasteiger partial charge in [0.2, 0.25) is 0 Å². The summed E-state index contributed by atoms with van der Waals surface area (Å²) in [6.07, 6.45) is 83.6. The predicted octanol–water partition coefficient (Wildman–Crippen LogP) is 20.5. The molecule has 0 aromatic rings. The number of allylic oxidation sites excluding steroid dienone is 16. The molecule has 0 N–H and O–H groups in total. The monoisotopic (exact) mass is 1140 g/mol. The first-order valence-corrected chi connectivity index (χ1v) is 34.4. The van der Waals surface area contributed by atoms with Gasteiger partial charge in [0.05, 0.1) is 27.7 Å². The molecular formula is C70H124NO8P. The normalized spacial score (nSPS) is 13.8. The van der Waals surface area contributed by atoms with Crippen LogP contribution in [-0.4, -0.2) is 70.0 Å². The lowest BCUT2D eigenvalue weighted by atomic mass is 10.0. The van der Waals surface area contributed by atoms with Crippen LogP contribution in [0.5, 0.6) is 0 Å². The van der Waals surface area contributed by atoms with Gasteiger partial charge in [-0.15, -0.1) is 0 Å². The Morgan fingerprint density at radius 3 is 1.00 bits per heavy atom. The summed E-state index contributed by atoms with van der Waals surface area (Å²) in [7, 11) is 1.16. The summed E-state index contributed by atoms with van der Waals surface area (Å²) in [6.45, 7) is 4.01. The number of esters is 2. The van der Waals surface area contributed by atoms with E-state index in [0.29, 0.717) is 23.9 Å². The molecule has 10 heteroatoms. The number of phosphoric acid groups is 1. The second kappa shape index (κ2) is 60.5. The third-order valence-electron chi connectivity index (χ3n) is 14.1. The van der Waals surface area contributed by atoms with Crippen molar-refractivity contribution in [2.45, 2.75) is 290 Å². The van der Waals surface area contributed by atoms with Crippen LogP contribution in [0.15, 0.2) is 97.2 Å². The number of hydrogen-bond acceptors (Lipinski definition) is 8. The smallest absolute Gasteiger partial charge is 0.306 e. The van der Waals surface area contributed by atoms with Gasteiger partial charge in [0.1, 0.15) is 19.8 Å². The fourth-order valence-electron chi connectivity index (χ4n) is 9.11. The molecule has 0 fully saturated rings. The number of unbranched alkanes of at least 4 members (excludes halogenated alkanes) is 30. The molecule has 9 nitrogen and oxygen atoms in total. The van der Waals surface area contributed by atoms with Crippen LogP contribution in [0.1, 0.15) is 284 Å². The number of ether oxygens (including phenoxy) is 2. The molecule has 80 heavy (non-hydrogen) atoms. The van der Waals surface area contributed by atoms with Gasteiger partial charge in [0.25, 0.3) is 7.82 Å². The van der Waals surface area contributed by atoms with Gasteiger partial charge < -0.3 is 27.9 Å². The van der Waals surface area contributed by atoms with Gasteiger partial charge in [-0.1, -0.05) is 278 Å². The van der Waals surface area contributed by atoms with Gasteiger partial charge in [-0.2, -0.15) is 0 Å². The van der Waals surface area contributed by atoms with E-state index in [2.05, 4.69) is 111 Å². The van der Waals surface area contributed by atoms with Crippen molar-refractivity contribution in [2.75, 3.05) is 47.5 Å². The Morgan fingerprint density at radius 2 is 0.675 bits per heavy atom. The van der Waals surface area contributed by atoms with E-state index < -0.39 is 32.5 Å². The molecule has 462 valence electrons. The topological polar surface area (TPSA) is 111 Å². The van der Waals surface area contributed by atoms with E-state index in [1.807, 2.05) is 21.1 Å². The van der Waals surface area contributed by atoms with Crippen LogP contribution in [0.25, 0.3) is 0 Å². The number of carbonyl (C=O) groups excluding carboxylic acids is 2. The Labute approximate surface area is 493 Å². The summed E-state index contributed by atoms with van der Waals surface area (Å²) >= 11 is 0. The number of hydrogen-bond donors (Lipinski definition) is 0. The molecule has 0 amide bonds. The van der Waals surface area contributed by atoms with Crippen LogP contribution in [-0.2, 0) is 32.7 Å². The Morgan fingerprint density at radius 1 is 0.388 bits per heavy atom. The molecule has 0 saturated carbocycles. The fourth-order valence-corrected chi connectivity index (χ4v) is 9.84. The third kappa shape index (κ3) is 64.1. The number of rotatable bonds is 60. The minimum atomic E-state index is -4.64. The van der Waals surface area contributed by atoms with Crippen LogP contribution in [0, 0.1) is 0 Å². The molecule has 0 spiro atoms. The molecule has 0 bridgehead atoms. The van der Waals surface area contributed by atoms with Crippen molar-refractivity contribution in [1.29, 1.82) is 0 Å². The quantitative estimate of drug-likeness (QED) is 0.0195. The zero-order valence-corrected chi connectivity index (χ0v) is 53.4. The highest BCUT2D eigenvalue weighted by molar-refractivity contribution is 7.45. The van der Waals surface area contributed by atoms with E-state index in [4.69, 9.17) is 18.5 Å². The summed E-state index contributed by atoms with van der Waals surface area (Å²) in [5.74, 6) is -0.847. The Balaban J connectivity index is 3.90. The second-order valence-electron chi connectivity index (χ2n) is 23.1. The molecule has 2 unspecified atom stereocenters. The first kappa shape index (κ1) is 76.9. The van der Waals surface area contributed by atoms with Crippen LogP contribution in [0.3, 0.4) is 0 Å². The maximum Gasteiger partial charge on any atom is 0.306 e. The third-order valence-corrected chi connectivity index (χ3v) is 15.1. The Bertz CT molecular complexity index is 1670. The van der Waals surface area contributed by atoms with Crippen LogP contribution >= 0.6 is 7.82 Å². The summed E-state index contributed by atoms with van der Waals surface area (Å²) < 4.78 is 34.2. The molecule has 0 aromatic carbocycles. The van der Waals surface area contributed by atoms with Gasteiger partial charge in [0, 0.05) is 12.8 Å². The molecule has 2 atom stereocenters. The van der Waals surface area contributed by atoms with Crippen molar-refractivity contribution >= 4 is 19.8 Å². The van der Waals surface area contributed by atoms with Crippen molar-refractivity contribution in [3.63, 3.8) is 0 Å². The fraction of sp³-hybridized carbons (Fsp3) is 0.743. The number of carbonyl (C=O) groups is 2. The maximum absolute atomic E-state index is 12.8. The highest BCUT2D eigenvalue weighted by Crippen LogP contribution is 2.38. The van der Waals surface area contributed by atoms with Gasteiger partial charge in [-0.3, -0.25) is 14.2 Å². The maximum atomic E-state index is 12.8. The molecule has 0 aliphatic heterocycles. The lowest BCUT2D eigenvalue weighted by Gasteiger charge is -2.28. The first-order valence-electron chi connectivity index (χ1n) is 32.9. The molecule has 0 rings (SSSR count). The molecule has 0 saturated heterocycles.